The first-order chi connectivity index (χ1) is 10.1. The minimum absolute atomic E-state index is 0.0607. The molecule has 1 atom stereocenters. The highest BCUT2D eigenvalue weighted by atomic mass is 16.5. The number of aromatic nitrogens is 2. The Balaban J connectivity index is 2.10. The molecular weight excluding hydrogens is 264 g/mol. The second kappa shape index (κ2) is 5.33. The van der Waals surface area contributed by atoms with E-state index in [1.807, 2.05) is 19.0 Å². The molecule has 3 rings (SSSR count). The molecule has 0 bridgehead atoms. The van der Waals surface area contributed by atoms with E-state index in [1.54, 1.807) is 12.4 Å². The Morgan fingerprint density at radius 3 is 2.86 bits per heavy atom. The van der Waals surface area contributed by atoms with Crippen LogP contribution in [-0.4, -0.2) is 36.7 Å². The largest absolute Gasteiger partial charge is 0.488 e. The lowest BCUT2D eigenvalue weighted by atomic mass is 10.0. The van der Waals surface area contributed by atoms with Gasteiger partial charge in [0.15, 0.2) is 0 Å². The van der Waals surface area contributed by atoms with Gasteiger partial charge in [0.1, 0.15) is 17.7 Å². The fraction of sp³-hybridized carbons (Fsp3) is 0.375. The molecule has 110 valence electrons. The van der Waals surface area contributed by atoms with Crippen molar-refractivity contribution in [3.05, 3.63) is 35.7 Å². The third-order valence-corrected chi connectivity index (χ3v) is 3.66. The molecular formula is C16H20N4O. The lowest BCUT2D eigenvalue weighted by Crippen LogP contribution is -2.24. The molecule has 0 fully saturated rings. The van der Waals surface area contributed by atoms with Gasteiger partial charge in [0.2, 0.25) is 0 Å². The van der Waals surface area contributed by atoms with Crippen LogP contribution in [0.4, 0.5) is 5.82 Å². The zero-order chi connectivity index (χ0) is 15.0. The maximum absolute atomic E-state index is 5.99. The van der Waals surface area contributed by atoms with Crippen molar-refractivity contribution >= 4 is 5.82 Å². The summed E-state index contributed by atoms with van der Waals surface area (Å²) in [5, 5.41) is 0. The van der Waals surface area contributed by atoms with Gasteiger partial charge < -0.3 is 15.4 Å². The van der Waals surface area contributed by atoms with E-state index in [4.69, 9.17) is 10.5 Å². The minimum Gasteiger partial charge on any atom is -0.488 e. The van der Waals surface area contributed by atoms with Gasteiger partial charge in [-0.3, -0.25) is 4.98 Å². The summed E-state index contributed by atoms with van der Waals surface area (Å²) >= 11 is 0. The molecule has 2 heterocycles. The van der Waals surface area contributed by atoms with E-state index in [9.17, 15) is 0 Å². The van der Waals surface area contributed by atoms with E-state index in [2.05, 4.69) is 29.0 Å². The van der Waals surface area contributed by atoms with Gasteiger partial charge in [-0.2, -0.15) is 0 Å². The molecule has 0 aliphatic carbocycles. The van der Waals surface area contributed by atoms with E-state index < -0.39 is 0 Å². The lowest BCUT2D eigenvalue weighted by Gasteiger charge is -2.14. The summed E-state index contributed by atoms with van der Waals surface area (Å²) in [4.78, 5) is 10.9. The third-order valence-electron chi connectivity index (χ3n) is 3.66. The molecule has 1 aromatic carbocycles. The van der Waals surface area contributed by atoms with Crippen LogP contribution in [0.1, 0.15) is 11.1 Å². The average Bonchev–Trinajstić information content (AvgIpc) is 2.89. The van der Waals surface area contributed by atoms with Gasteiger partial charge in [-0.25, -0.2) is 4.98 Å². The highest BCUT2D eigenvalue weighted by Crippen LogP contribution is 2.39. The van der Waals surface area contributed by atoms with Crippen LogP contribution in [0.25, 0.3) is 11.3 Å². The van der Waals surface area contributed by atoms with Crippen molar-refractivity contribution in [1.82, 2.24) is 9.97 Å². The predicted octanol–water partition coefficient (Wildman–Crippen LogP) is 1.78. The number of rotatable bonds is 3. The molecule has 1 aliphatic heterocycles. The Morgan fingerprint density at radius 1 is 1.33 bits per heavy atom. The van der Waals surface area contributed by atoms with Gasteiger partial charge in [-0.1, -0.05) is 6.07 Å². The molecule has 0 saturated heterocycles. The molecule has 1 aromatic heterocycles. The maximum atomic E-state index is 5.99. The average molecular weight is 284 g/mol. The van der Waals surface area contributed by atoms with Gasteiger partial charge in [0, 0.05) is 32.6 Å². The summed E-state index contributed by atoms with van der Waals surface area (Å²) in [6.07, 6.45) is 4.46. The zero-order valence-electron chi connectivity index (χ0n) is 12.6. The quantitative estimate of drug-likeness (QED) is 0.930. The normalized spacial score (nSPS) is 16.5. The van der Waals surface area contributed by atoms with Gasteiger partial charge >= 0.3 is 0 Å². The Labute approximate surface area is 124 Å². The van der Waals surface area contributed by atoms with Crippen LogP contribution in [0.15, 0.2) is 24.5 Å². The molecule has 0 unspecified atom stereocenters. The Hall–Kier alpha value is -2.14. The summed E-state index contributed by atoms with van der Waals surface area (Å²) in [7, 11) is 3.91. The molecule has 2 N–H and O–H groups in total. The summed E-state index contributed by atoms with van der Waals surface area (Å²) in [5.74, 6) is 1.73. The van der Waals surface area contributed by atoms with Crippen molar-refractivity contribution in [3.8, 4) is 17.0 Å². The summed E-state index contributed by atoms with van der Waals surface area (Å²) in [5.41, 5.74) is 9.98. The maximum Gasteiger partial charge on any atom is 0.147 e. The Morgan fingerprint density at radius 2 is 2.14 bits per heavy atom. The number of hydrogen-bond donors (Lipinski definition) is 1. The monoisotopic (exact) mass is 284 g/mol. The summed E-state index contributed by atoms with van der Waals surface area (Å²) in [6, 6.07) is 4.26. The highest BCUT2D eigenvalue weighted by Gasteiger charge is 2.26. The molecule has 0 saturated carbocycles. The van der Waals surface area contributed by atoms with Crippen LogP contribution in [0, 0.1) is 6.92 Å². The molecule has 0 spiro atoms. The van der Waals surface area contributed by atoms with E-state index in [0.29, 0.717) is 6.54 Å². The fourth-order valence-corrected chi connectivity index (χ4v) is 2.62. The topological polar surface area (TPSA) is 64.3 Å². The first-order valence-corrected chi connectivity index (χ1v) is 7.08. The van der Waals surface area contributed by atoms with Crippen LogP contribution in [0.2, 0.25) is 0 Å². The van der Waals surface area contributed by atoms with Crippen molar-refractivity contribution < 1.29 is 4.74 Å². The van der Waals surface area contributed by atoms with E-state index in [0.717, 1.165) is 29.2 Å². The van der Waals surface area contributed by atoms with Crippen molar-refractivity contribution in [2.45, 2.75) is 19.4 Å². The van der Waals surface area contributed by atoms with Crippen LogP contribution in [-0.2, 0) is 6.42 Å². The second-order valence-corrected chi connectivity index (χ2v) is 5.64. The van der Waals surface area contributed by atoms with Crippen LogP contribution < -0.4 is 15.4 Å². The summed E-state index contributed by atoms with van der Waals surface area (Å²) < 4.78 is 5.99. The van der Waals surface area contributed by atoms with Crippen molar-refractivity contribution in [1.29, 1.82) is 0 Å². The van der Waals surface area contributed by atoms with Gasteiger partial charge in [-0.05, 0) is 24.1 Å². The molecule has 5 nitrogen and oxygen atoms in total. The Bertz CT molecular complexity index is 669. The number of hydrogen-bond acceptors (Lipinski definition) is 5. The van der Waals surface area contributed by atoms with Crippen molar-refractivity contribution in [2.24, 2.45) is 5.73 Å². The smallest absolute Gasteiger partial charge is 0.147 e. The number of benzene rings is 1. The first-order valence-electron chi connectivity index (χ1n) is 7.08. The molecule has 5 heteroatoms. The second-order valence-electron chi connectivity index (χ2n) is 5.64. The zero-order valence-corrected chi connectivity index (χ0v) is 12.6. The molecule has 0 radical (unpaired) electrons. The number of aryl methyl sites for hydroxylation is 1. The number of ether oxygens (including phenoxy) is 1. The molecule has 1 aliphatic rings. The van der Waals surface area contributed by atoms with Crippen LogP contribution >= 0.6 is 0 Å². The van der Waals surface area contributed by atoms with Gasteiger partial charge in [0.25, 0.3) is 0 Å². The highest BCUT2D eigenvalue weighted by molar-refractivity contribution is 5.71. The lowest BCUT2D eigenvalue weighted by molar-refractivity contribution is 0.242. The summed E-state index contributed by atoms with van der Waals surface area (Å²) in [6.45, 7) is 2.61. The van der Waals surface area contributed by atoms with Crippen LogP contribution in [0.5, 0.6) is 5.75 Å². The molecule has 2 aromatic rings. The van der Waals surface area contributed by atoms with Gasteiger partial charge in [-0.15, -0.1) is 0 Å². The van der Waals surface area contributed by atoms with Crippen molar-refractivity contribution in [2.75, 3.05) is 25.5 Å². The fourth-order valence-electron chi connectivity index (χ4n) is 2.62. The number of nitrogens with two attached hydrogens (primary N) is 1. The predicted molar refractivity (Wildman–Crippen MR) is 83.7 cm³/mol. The first kappa shape index (κ1) is 13.8. The number of fused-ring (bicyclic) bond motifs is 1. The standard InChI is InChI=1S/C16H20N4O/c1-10-4-11-6-12(7-17)21-16(11)13(5-10)14-8-18-9-15(19-14)20(2)3/h4-5,8-9,12H,6-7,17H2,1-3H3/t12-/m1/s1. The third kappa shape index (κ3) is 2.56. The Kier molecular flexibility index (Phi) is 3.51. The van der Waals surface area contributed by atoms with Crippen molar-refractivity contribution in [3.63, 3.8) is 0 Å². The van der Waals surface area contributed by atoms with E-state index in [1.165, 1.54) is 11.1 Å². The number of nitrogens with zero attached hydrogens (tertiary/aromatic N) is 3. The minimum atomic E-state index is 0.0607. The van der Waals surface area contributed by atoms with E-state index in [-0.39, 0.29) is 6.10 Å². The SMILES string of the molecule is Cc1cc2c(c(-c3cncc(N(C)C)n3)c1)O[C@@H](CN)C2. The number of anilines is 1. The van der Waals surface area contributed by atoms with Gasteiger partial charge in [0.05, 0.1) is 18.1 Å². The molecule has 0 amide bonds. The molecule has 21 heavy (non-hydrogen) atoms. The van der Waals surface area contributed by atoms with E-state index >= 15 is 0 Å². The van der Waals surface area contributed by atoms with Crippen LogP contribution in [0.3, 0.4) is 0 Å².